The minimum atomic E-state index is -0.391. The maximum absolute atomic E-state index is 12.7. The molecule has 0 aliphatic carbocycles. The largest absolute Gasteiger partial charge is 0.465 e. The molecule has 0 radical (unpaired) electrons. The van der Waals surface area contributed by atoms with Gasteiger partial charge in [0.25, 0.3) is 0 Å². The van der Waals surface area contributed by atoms with Gasteiger partial charge in [-0.05, 0) is 122 Å². The average molecular weight is 1450 g/mol. The average Bonchev–Trinajstić information content (AvgIpc) is 0.714. The van der Waals surface area contributed by atoms with Gasteiger partial charge >= 0.3 is 17.9 Å². The van der Waals surface area contributed by atoms with Gasteiger partial charge in [-0.2, -0.15) is 0 Å². The first-order chi connectivity index (χ1) is 53.1. The Morgan fingerprint density at radius 1 is 0.213 bits per heavy atom. The summed E-state index contributed by atoms with van der Waals surface area (Å²) in [5.74, 6) is 1.25. The number of aromatic nitrogens is 6. The number of carbonyl (C=O) groups is 3. The zero-order chi connectivity index (χ0) is 75.5. The Morgan fingerprint density at radius 3 is 0.556 bits per heavy atom. The Labute approximate surface area is 643 Å². The summed E-state index contributed by atoms with van der Waals surface area (Å²) in [6, 6.07) is 48.8. The van der Waals surface area contributed by atoms with Gasteiger partial charge in [-0.25, -0.2) is 44.3 Å². The number of nitrogens with zero attached hydrogens (tertiary/aromatic N) is 6. The van der Waals surface area contributed by atoms with E-state index >= 15 is 0 Å². The van der Waals surface area contributed by atoms with Crippen LogP contribution >= 0.6 is 0 Å². The van der Waals surface area contributed by atoms with Crippen LogP contribution in [0.4, 0.5) is 0 Å². The summed E-state index contributed by atoms with van der Waals surface area (Å²) < 4.78 is 15.3. The molecule has 0 spiro atoms. The highest BCUT2D eigenvalue weighted by Crippen LogP contribution is 2.56. The summed E-state index contributed by atoms with van der Waals surface area (Å²) in [4.78, 5) is 70.0. The van der Waals surface area contributed by atoms with Crippen LogP contribution in [0.5, 0.6) is 0 Å². The first-order valence-electron chi connectivity index (χ1n) is 40.7. The highest BCUT2D eigenvalue weighted by atomic mass is 16.5. The topological polar surface area (TPSA) is 156 Å². The Kier molecular flexibility index (Phi) is 32.8. The van der Waals surface area contributed by atoms with Crippen LogP contribution in [0.1, 0.15) is 262 Å². The number of hydrogen-bond donors (Lipinski definition) is 0. The third-order valence-electron chi connectivity index (χ3n) is 21.2. The molecule has 0 unspecified atom stereocenters. The highest BCUT2D eigenvalue weighted by Gasteiger charge is 2.31. The van der Waals surface area contributed by atoms with Gasteiger partial charge in [0.15, 0.2) is 0 Å². The fourth-order valence-corrected chi connectivity index (χ4v) is 14.9. The molecular weight excluding hydrogens is 1330 g/mol. The van der Waals surface area contributed by atoms with E-state index in [2.05, 4.69) is 93.6 Å². The number of aryl methyl sites for hydroxylation is 3. The molecule has 0 saturated carbocycles. The van der Waals surface area contributed by atoms with Gasteiger partial charge in [0.05, 0.1) is 38.0 Å². The van der Waals surface area contributed by atoms with Crippen molar-refractivity contribution in [3.8, 4) is 100 Å². The van der Waals surface area contributed by atoms with Crippen LogP contribution in [-0.4, -0.2) is 69.1 Å². The van der Waals surface area contributed by atoms with Crippen molar-refractivity contribution in [2.45, 2.75) is 233 Å². The standard InChI is InChI=1S/C96H114N6O6/c1-7-10-13-16-19-22-25-28-31-34-37-85-97-64-82(65-98-85)91-88(76-52-40-70(41-53-76)73-46-58-79(59-47-73)94(103)106-4)89(77-54-42-71(43-55-77)74-48-60-80(61-49-74)95(104)107-5)92(83-66-99-86(100-67-83)38-35-32-29-26-23-20-17-14-11-8-2)93(84-68-101-87(102-69-84)39-36-33-30-27-24-21-18-15-12-9-3)90(91)78-56-44-72(45-57-78)75-50-62-81(63-51-75)96(105)108-6/h40-69H,7-39H2,1-6H3. The van der Waals surface area contributed by atoms with Gasteiger partial charge in [0.2, 0.25) is 0 Å². The molecule has 108 heavy (non-hydrogen) atoms. The van der Waals surface area contributed by atoms with Crippen molar-refractivity contribution < 1.29 is 28.6 Å². The second kappa shape index (κ2) is 43.9. The molecule has 0 aliphatic rings. The van der Waals surface area contributed by atoms with E-state index in [1.165, 1.54) is 175 Å². The Bertz CT molecular complexity index is 4350. The molecular formula is C96H114N6O6. The van der Waals surface area contributed by atoms with E-state index in [0.29, 0.717) is 16.7 Å². The predicted molar refractivity (Wildman–Crippen MR) is 443 cm³/mol. The molecule has 3 heterocycles. The molecule has 10 aromatic rings. The summed E-state index contributed by atoms with van der Waals surface area (Å²) in [6.45, 7) is 6.82. The van der Waals surface area contributed by atoms with Crippen molar-refractivity contribution >= 4 is 17.9 Å². The predicted octanol–water partition coefficient (Wildman–Crippen LogP) is 25.8. The van der Waals surface area contributed by atoms with Gasteiger partial charge in [-0.3, -0.25) is 0 Å². The van der Waals surface area contributed by atoms with Crippen LogP contribution in [0.15, 0.2) is 183 Å². The maximum atomic E-state index is 12.7. The lowest BCUT2D eigenvalue weighted by Crippen LogP contribution is -2.05. The summed E-state index contributed by atoms with van der Waals surface area (Å²) >= 11 is 0. The molecule has 10 rings (SSSR count). The van der Waals surface area contributed by atoms with Gasteiger partial charge in [0, 0.05) is 89.8 Å². The summed E-state index contributed by atoms with van der Waals surface area (Å²) in [5, 5.41) is 0. The lowest BCUT2D eigenvalue weighted by Gasteiger charge is -2.28. The van der Waals surface area contributed by atoms with Crippen LogP contribution in [0.3, 0.4) is 0 Å². The van der Waals surface area contributed by atoms with Crippen LogP contribution < -0.4 is 0 Å². The quantitative estimate of drug-likeness (QED) is 0.0202. The number of ether oxygens (including phenoxy) is 3. The van der Waals surface area contributed by atoms with E-state index in [-0.39, 0.29) is 5.97 Å². The third-order valence-corrected chi connectivity index (χ3v) is 21.2. The van der Waals surface area contributed by atoms with Crippen molar-refractivity contribution in [2.24, 2.45) is 0 Å². The van der Waals surface area contributed by atoms with Gasteiger partial charge in [-0.1, -0.05) is 303 Å². The second-order valence-electron chi connectivity index (χ2n) is 29.1. The minimum absolute atomic E-state index is 0.389. The monoisotopic (exact) mass is 1450 g/mol. The molecule has 3 aromatic heterocycles. The van der Waals surface area contributed by atoms with Crippen molar-refractivity contribution in [1.29, 1.82) is 0 Å². The first kappa shape index (κ1) is 80.7. The Balaban J connectivity index is 1.19. The van der Waals surface area contributed by atoms with E-state index in [1.54, 1.807) is 12.1 Å². The number of carbonyl (C=O) groups excluding carboxylic acids is 3. The first-order valence-corrected chi connectivity index (χ1v) is 40.7. The normalized spacial score (nSPS) is 11.3. The number of hydrogen-bond acceptors (Lipinski definition) is 12. The molecule has 0 N–H and O–H groups in total. The molecule has 0 amide bonds. The molecule has 0 fully saturated rings. The van der Waals surface area contributed by atoms with Crippen molar-refractivity contribution in [3.63, 3.8) is 0 Å². The molecule has 0 bridgehead atoms. The van der Waals surface area contributed by atoms with Gasteiger partial charge in [-0.15, -0.1) is 0 Å². The zero-order valence-corrected chi connectivity index (χ0v) is 65.3. The van der Waals surface area contributed by atoms with Crippen LogP contribution in [0.2, 0.25) is 0 Å². The SMILES string of the molecule is CCCCCCCCCCCCc1ncc(-c2c(-c3ccc(-c4ccc(C(=O)OC)cc4)cc3)c(-c3ccc(-c4ccc(C(=O)OC)cc4)cc3)c(-c3cnc(CCCCCCCCCCCC)nc3)c(-c3cnc(CCCCCCCCCCCC)nc3)c2-c2ccc(-c3ccc(C(=O)OC)cc3)cc2)cn1. The second-order valence-corrected chi connectivity index (χ2v) is 29.1. The van der Waals surface area contributed by atoms with E-state index in [0.717, 1.165) is 175 Å². The molecule has 564 valence electrons. The molecule has 0 atom stereocenters. The number of unbranched alkanes of at least 4 members (excludes halogenated alkanes) is 27. The smallest absolute Gasteiger partial charge is 0.337 e. The van der Waals surface area contributed by atoms with E-state index in [4.69, 9.17) is 44.1 Å². The van der Waals surface area contributed by atoms with E-state index in [1.807, 2.05) is 97.8 Å². The Hall–Kier alpha value is -9.81. The number of benzene rings is 7. The van der Waals surface area contributed by atoms with Crippen molar-refractivity contribution in [1.82, 2.24) is 29.9 Å². The molecule has 12 heteroatoms. The zero-order valence-electron chi connectivity index (χ0n) is 65.3. The molecule has 12 nitrogen and oxygen atoms in total. The fraction of sp³-hybridized carbons (Fsp3) is 0.406. The molecule has 0 saturated heterocycles. The van der Waals surface area contributed by atoms with Gasteiger partial charge in [0.1, 0.15) is 17.5 Å². The van der Waals surface area contributed by atoms with Gasteiger partial charge < -0.3 is 14.2 Å². The fourth-order valence-electron chi connectivity index (χ4n) is 14.9. The highest BCUT2D eigenvalue weighted by molar-refractivity contribution is 6.15. The maximum Gasteiger partial charge on any atom is 0.337 e. The number of methoxy groups -OCH3 is 3. The molecule has 0 aliphatic heterocycles. The number of esters is 3. The number of rotatable bonds is 45. The van der Waals surface area contributed by atoms with Crippen LogP contribution in [-0.2, 0) is 33.5 Å². The van der Waals surface area contributed by atoms with Crippen LogP contribution in [0, 0.1) is 0 Å². The lowest BCUT2D eigenvalue weighted by atomic mass is 9.74. The van der Waals surface area contributed by atoms with Crippen molar-refractivity contribution in [3.05, 3.63) is 217 Å². The van der Waals surface area contributed by atoms with Crippen molar-refractivity contribution in [2.75, 3.05) is 21.3 Å². The van der Waals surface area contributed by atoms with E-state index < -0.39 is 11.9 Å². The van der Waals surface area contributed by atoms with Crippen LogP contribution in [0.25, 0.3) is 100 Å². The van der Waals surface area contributed by atoms with E-state index in [9.17, 15) is 14.4 Å². The lowest BCUT2D eigenvalue weighted by molar-refractivity contribution is 0.0592. The molecule has 7 aromatic carbocycles. The summed E-state index contributed by atoms with van der Waals surface area (Å²) in [6.07, 6.45) is 51.7. The third kappa shape index (κ3) is 23.1. The summed E-state index contributed by atoms with van der Waals surface area (Å²) in [5.41, 5.74) is 17.9. The summed E-state index contributed by atoms with van der Waals surface area (Å²) in [7, 11) is 4.20. The minimum Gasteiger partial charge on any atom is -0.465 e. The Morgan fingerprint density at radius 2 is 0.370 bits per heavy atom.